The Morgan fingerprint density at radius 3 is 3.00 bits per heavy atom. The van der Waals surface area contributed by atoms with Gasteiger partial charge in [0.15, 0.2) is 5.82 Å². The van der Waals surface area contributed by atoms with Gasteiger partial charge in [0.2, 0.25) is 12.3 Å². The van der Waals surface area contributed by atoms with Crippen molar-refractivity contribution in [2.24, 2.45) is 5.41 Å². The van der Waals surface area contributed by atoms with Crippen LogP contribution in [0.1, 0.15) is 32.5 Å². The molecule has 2 heterocycles. The third-order valence-corrected chi connectivity index (χ3v) is 3.43. The smallest absolute Gasteiger partial charge is 0.240 e. The number of rotatable bonds is 3. The third-order valence-electron chi connectivity index (χ3n) is 3.43. The molecule has 1 unspecified atom stereocenters. The van der Waals surface area contributed by atoms with Crippen molar-refractivity contribution >= 4 is 5.91 Å². The van der Waals surface area contributed by atoms with E-state index in [2.05, 4.69) is 29.3 Å². The molecule has 0 saturated carbocycles. The lowest BCUT2D eigenvalue weighted by Gasteiger charge is -2.29. The van der Waals surface area contributed by atoms with Crippen molar-refractivity contribution in [3.8, 4) is 0 Å². The summed E-state index contributed by atoms with van der Waals surface area (Å²) in [5.74, 6) is 0.670. The lowest BCUT2D eigenvalue weighted by atomic mass is 9.87. The molecule has 2 rings (SSSR count). The van der Waals surface area contributed by atoms with E-state index >= 15 is 0 Å². The van der Waals surface area contributed by atoms with E-state index in [-0.39, 0.29) is 17.4 Å². The number of nitrogens with zero attached hydrogens (tertiary/aromatic N) is 3. The van der Waals surface area contributed by atoms with Gasteiger partial charge in [-0.25, -0.2) is 0 Å². The number of hydrogen-bond acceptors (Lipinski definition) is 5. The summed E-state index contributed by atoms with van der Waals surface area (Å²) in [5, 5.41) is 6.86. The van der Waals surface area contributed by atoms with E-state index in [1.54, 1.807) is 0 Å². The topological polar surface area (TPSA) is 71.3 Å². The van der Waals surface area contributed by atoms with E-state index in [0.717, 1.165) is 19.4 Å². The molecular formula is C12H20N4O2. The number of amides is 1. The Balaban J connectivity index is 2.15. The van der Waals surface area contributed by atoms with Crippen LogP contribution < -0.4 is 5.32 Å². The van der Waals surface area contributed by atoms with Gasteiger partial charge in [-0.05, 0) is 25.3 Å². The van der Waals surface area contributed by atoms with E-state index < -0.39 is 0 Å². The monoisotopic (exact) mass is 252 g/mol. The lowest BCUT2D eigenvalue weighted by molar-refractivity contribution is -0.134. The molecule has 1 atom stereocenters. The van der Waals surface area contributed by atoms with Crippen LogP contribution in [-0.4, -0.2) is 40.6 Å². The van der Waals surface area contributed by atoms with Crippen molar-refractivity contribution in [3.63, 3.8) is 0 Å². The molecule has 1 aliphatic rings. The molecule has 1 aliphatic heterocycles. The first-order valence-corrected chi connectivity index (χ1v) is 6.23. The van der Waals surface area contributed by atoms with Gasteiger partial charge >= 0.3 is 0 Å². The number of carbonyl (C=O) groups excluding carboxylic acids is 1. The zero-order valence-corrected chi connectivity index (χ0v) is 11.1. The minimum atomic E-state index is -0.112. The Bertz CT molecular complexity index is 402. The first-order valence-electron chi connectivity index (χ1n) is 6.23. The molecule has 0 aliphatic carbocycles. The van der Waals surface area contributed by atoms with Gasteiger partial charge in [0.1, 0.15) is 0 Å². The Morgan fingerprint density at radius 2 is 2.39 bits per heavy atom. The Labute approximate surface area is 107 Å². The Morgan fingerprint density at radius 1 is 1.61 bits per heavy atom. The van der Waals surface area contributed by atoms with Crippen LogP contribution in [-0.2, 0) is 11.3 Å². The van der Waals surface area contributed by atoms with E-state index in [1.165, 1.54) is 6.39 Å². The molecule has 1 amide bonds. The first kappa shape index (κ1) is 13.0. The fourth-order valence-electron chi connectivity index (χ4n) is 2.39. The zero-order chi connectivity index (χ0) is 13.2. The molecule has 0 aromatic carbocycles. The molecule has 6 heteroatoms. The molecule has 0 bridgehead atoms. The standard InChI is InChI=1S/C12H20N4O2/c1-12(2)5-4-9(13-3)11(17)16(7-12)6-10-14-8-18-15-10/h8-9,13H,4-7H2,1-3H3. The van der Waals surface area contributed by atoms with Crippen LogP contribution in [0.3, 0.4) is 0 Å². The highest BCUT2D eigenvalue weighted by molar-refractivity contribution is 5.82. The predicted molar refractivity (Wildman–Crippen MR) is 65.6 cm³/mol. The number of hydrogen-bond donors (Lipinski definition) is 1. The summed E-state index contributed by atoms with van der Waals surface area (Å²) in [7, 11) is 1.83. The maximum Gasteiger partial charge on any atom is 0.240 e. The van der Waals surface area contributed by atoms with Crippen molar-refractivity contribution in [2.45, 2.75) is 39.3 Å². The number of aromatic nitrogens is 2. The van der Waals surface area contributed by atoms with E-state index in [9.17, 15) is 4.79 Å². The van der Waals surface area contributed by atoms with Crippen LogP contribution in [0.2, 0.25) is 0 Å². The average molecular weight is 252 g/mol. The van der Waals surface area contributed by atoms with Crippen molar-refractivity contribution in [2.75, 3.05) is 13.6 Å². The van der Waals surface area contributed by atoms with Crippen LogP contribution >= 0.6 is 0 Å². The molecule has 6 nitrogen and oxygen atoms in total. The highest BCUT2D eigenvalue weighted by atomic mass is 16.5. The fraction of sp³-hybridized carbons (Fsp3) is 0.750. The van der Waals surface area contributed by atoms with Crippen LogP contribution in [0.4, 0.5) is 0 Å². The minimum absolute atomic E-state index is 0.112. The van der Waals surface area contributed by atoms with Gasteiger partial charge in [-0.2, -0.15) is 4.98 Å². The molecule has 1 fully saturated rings. The summed E-state index contributed by atoms with van der Waals surface area (Å²) in [6.45, 7) is 5.50. The van der Waals surface area contributed by atoms with E-state index in [0.29, 0.717) is 12.4 Å². The van der Waals surface area contributed by atoms with Gasteiger partial charge in [0, 0.05) is 6.54 Å². The van der Waals surface area contributed by atoms with E-state index in [1.807, 2.05) is 11.9 Å². The summed E-state index contributed by atoms with van der Waals surface area (Å²) in [5.41, 5.74) is 0.116. The summed E-state index contributed by atoms with van der Waals surface area (Å²) in [6, 6.07) is -0.112. The second-order valence-corrected chi connectivity index (χ2v) is 5.59. The number of nitrogens with one attached hydrogen (secondary N) is 1. The predicted octanol–water partition coefficient (Wildman–Crippen LogP) is 0.806. The van der Waals surface area contributed by atoms with Crippen LogP contribution in [0.5, 0.6) is 0 Å². The maximum absolute atomic E-state index is 12.4. The SMILES string of the molecule is CNC1CCC(C)(C)CN(Cc2ncon2)C1=O. The summed E-state index contributed by atoms with van der Waals surface area (Å²) in [4.78, 5) is 18.2. The second-order valence-electron chi connectivity index (χ2n) is 5.59. The lowest BCUT2D eigenvalue weighted by Crippen LogP contribution is -2.44. The summed E-state index contributed by atoms with van der Waals surface area (Å²) < 4.78 is 4.71. The molecular weight excluding hydrogens is 232 g/mol. The fourth-order valence-corrected chi connectivity index (χ4v) is 2.39. The average Bonchev–Trinajstić information content (AvgIpc) is 2.77. The van der Waals surface area contributed by atoms with Crippen molar-refractivity contribution in [1.82, 2.24) is 20.4 Å². The number of carbonyl (C=O) groups is 1. The molecule has 0 spiro atoms. The molecule has 1 N–H and O–H groups in total. The molecule has 18 heavy (non-hydrogen) atoms. The highest BCUT2D eigenvalue weighted by Crippen LogP contribution is 2.29. The highest BCUT2D eigenvalue weighted by Gasteiger charge is 2.34. The van der Waals surface area contributed by atoms with Gasteiger partial charge in [-0.3, -0.25) is 4.79 Å². The summed E-state index contributed by atoms with van der Waals surface area (Å²) >= 11 is 0. The first-order chi connectivity index (χ1) is 8.52. The van der Waals surface area contributed by atoms with Crippen LogP contribution in [0, 0.1) is 5.41 Å². The van der Waals surface area contributed by atoms with Gasteiger partial charge in [-0.15, -0.1) is 0 Å². The normalized spacial score (nSPS) is 24.1. The Hall–Kier alpha value is -1.43. The Kier molecular flexibility index (Phi) is 3.65. The van der Waals surface area contributed by atoms with Crippen LogP contribution in [0.25, 0.3) is 0 Å². The van der Waals surface area contributed by atoms with Crippen LogP contribution in [0.15, 0.2) is 10.9 Å². The van der Waals surface area contributed by atoms with Crippen molar-refractivity contribution in [3.05, 3.63) is 12.2 Å². The van der Waals surface area contributed by atoms with Gasteiger partial charge in [0.05, 0.1) is 12.6 Å². The third kappa shape index (κ3) is 2.87. The maximum atomic E-state index is 12.4. The van der Waals surface area contributed by atoms with Crippen molar-refractivity contribution in [1.29, 1.82) is 0 Å². The molecule has 0 radical (unpaired) electrons. The zero-order valence-electron chi connectivity index (χ0n) is 11.1. The summed E-state index contributed by atoms with van der Waals surface area (Å²) in [6.07, 6.45) is 3.18. The quantitative estimate of drug-likeness (QED) is 0.861. The molecule has 1 aromatic rings. The minimum Gasteiger partial charge on any atom is -0.343 e. The second kappa shape index (κ2) is 5.06. The van der Waals surface area contributed by atoms with Crippen molar-refractivity contribution < 1.29 is 9.32 Å². The molecule has 1 saturated heterocycles. The molecule has 100 valence electrons. The number of likely N-dealkylation sites (tertiary alicyclic amines) is 1. The van der Waals surface area contributed by atoms with Gasteiger partial charge < -0.3 is 14.7 Å². The molecule has 1 aromatic heterocycles. The largest absolute Gasteiger partial charge is 0.343 e. The van der Waals surface area contributed by atoms with Gasteiger partial charge in [-0.1, -0.05) is 19.0 Å². The van der Waals surface area contributed by atoms with E-state index in [4.69, 9.17) is 4.52 Å². The number of likely N-dealkylation sites (N-methyl/N-ethyl adjacent to an activating group) is 1. The van der Waals surface area contributed by atoms with Gasteiger partial charge in [0.25, 0.3) is 0 Å².